The van der Waals surface area contributed by atoms with Crippen molar-refractivity contribution in [1.29, 1.82) is 0 Å². The maximum Gasteiger partial charge on any atom is 0.238 e. The second-order valence-electron chi connectivity index (χ2n) is 10.9. The molecule has 1 aromatic heterocycles. The maximum atomic E-state index is 12.1. The summed E-state index contributed by atoms with van der Waals surface area (Å²) >= 11 is 0. The Morgan fingerprint density at radius 2 is 1.61 bits per heavy atom. The molecule has 0 radical (unpaired) electrons. The highest BCUT2D eigenvalue weighted by atomic mass is 32.2. The van der Waals surface area contributed by atoms with Gasteiger partial charge in [0.1, 0.15) is 6.10 Å². The lowest BCUT2D eigenvalue weighted by atomic mass is 10.0. The number of aryl methyl sites for hydroxylation is 1. The van der Waals surface area contributed by atoms with Crippen LogP contribution in [-0.4, -0.2) is 21.7 Å². The van der Waals surface area contributed by atoms with E-state index in [0.717, 1.165) is 38.5 Å². The molecule has 0 aliphatic heterocycles. The zero-order valence-electron chi connectivity index (χ0n) is 22.2. The van der Waals surface area contributed by atoms with Crippen molar-refractivity contribution in [2.24, 2.45) is 5.14 Å². The van der Waals surface area contributed by atoms with Gasteiger partial charge in [-0.1, -0.05) is 82.5 Å². The van der Waals surface area contributed by atoms with Gasteiger partial charge in [0.25, 0.3) is 0 Å². The monoisotopic (exact) mass is 528 g/mol. The molecule has 36 heavy (non-hydrogen) atoms. The molecule has 1 atom stereocenters. The molecule has 0 aliphatic rings. The van der Waals surface area contributed by atoms with E-state index in [1.54, 1.807) is 24.4 Å². The van der Waals surface area contributed by atoms with Crippen molar-refractivity contribution in [3.8, 4) is 11.3 Å². The molecule has 0 amide bonds. The van der Waals surface area contributed by atoms with Crippen LogP contribution in [0.2, 0.25) is 18.1 Å². The van der Waals surface area contributed by atoms with E-state index in [2.05, 4.69) is 63.1 Å². The van der Waals surface area contributed by atoms with Crippen molar-refractivity contribution in [3.05, 3.63) is 72.2 Å². The third kappa shape index (κ3) is 7.62. The van der Waals surface area contributed by atoms with Crippen LogP contribution in [0.25, 0.3) is 11.3 Å². The van der Waals surface area contributed by atoms with Crippen LogP contribution in [0, 0.1) is 0 Å². The molecule has 2 N–H and O–H groups in total. The van der Waals surface area contributed by atoms with Crippen LogP contribution in [0.15, 0.2) is 70.1 Å². The number of sulfonamides is 1. The number of hydrogen-bond acceptors (Lipinski definition) is 5. The Hall–Kier alpha value is -2.26. The molecule has 0 saturated carbocycles. The fourth-order valence-electron chi connectivity index (χ4n) is 3.90. The SMILES string of the molecule is CC(C)(C)[Si](C)(C)OC(CCCCCCc1ccccc1)c1ncc(-c2ccccc2S(N)(=O)=O)o1. The minimum atomic E-state index is -3.90. The molecule has 0 saturated heterocycles. The van der Waals surface area contributed by atoms with E-state index < -0.39 is 18.3 Å². The normalized spacial score (nSPS) is 13.6. The molecule has 0 spiro atoms. The van der Waals surface area contributed by atoms with E-state index in [1.165, 1.54) is 11.6 Å². The Morgan fingerprint density at radius 1 is 0.972 bits per heavy atom. The van der Waals surface area contributed by atoms with Crippen LogP contribution in [-0.2, 0) is 20.9 Å². The van der Waals surface area contributed by atoms with Gasteiger partial charge >= 0.3 is 0 Å². The smallest absolute Gasteiger partial charge is 0.238 e. The second kappa shape index (κ2) is 11.9. The minimum Gasteiger partial charge on any atom is -0.438 e. The fraction of sp³-hybridized carbons (Fsp3) is 0.464. The van der Waals surface area contributed by atoms with Gasteiger partial charge in [-0.25, -0.2) is 18.5 Å². The van der Waals surface area contributed by atoms with Gasteiger partial charge in [0, 0.05) is 5.56 Å². The fourth-order valence-corrected chi connectivity index (χ4v) is 5.93. The van der Waals surface area contributed by atoms with Crippen molar-refractivity contribution in [2.45, 2.75) is 88.4 Å². The minimum absolute atomic E-state index is 0.0213. The van der Waals surface area contributed by atoms with E-state index in [4.69, 9.17) is 14.0 Å². The quantitative estimate of drug-likeness (QED) is 0.197. The summed E-state index contributed by atoms with van der Waals surface area (Å²) < 4.78 is 37.0. The van der Waals surface area contributed by atoms with Crippen molar-refractivity contribution in [3.63, 3.8) is 0 Å². The van der Waals surface area contributed by atoms with Gasteiger partial charge in [0.15, 0.2) is 14.1 Å². The third-order valence-corrected chi connectivity index (χ3v) is 12.5. The molecular weight excluding hydrogens is 488 g/mol. The zero-order valence-corrected chi connectivity index (χ0v) is 24.0. The second-order valence-corrected chi connectivity index (χ2v) is 17.2. The summed E-state index contributed by atoms with van der Waals surface area (Å²) in [5.74, 6) is 0.865. The first-order valence-corrected chi connectivity index (χ1v) is 17.1. The third-order valence-electron chi connectivity index (χ3n) is 7.03. The standard InChI is InChI=1S/C28H40N2O4SSi/c1-28(2,3)36(4,5)34-24(19-12-7-6-9-15-22-16-10-8-11-17-22)27-30-21-25(33-27)23-18-13-14-20-26(23)35(29,31)32/h8,10-11,13-14,16-18,20-21,24H,6-7,9,12,15,19H2,1-5H3,(H2,29,31,32). The lowest BCUT2D eigenvalue weighted by Gasteiger charge is -2.38. The first kappa shape index (κ1) is 28.3. The number of nitrogens with zero attached hydrogens (tertiary/aromatic N) is 1. The molecule has 3 rings (SSSR count). The van der Waals surface area contributed by atoms with Crippen LogP contribution >= 0.6 is 0 Å². The van der Waals surface area contributed by atoms with Crippen molar-refractivity contribution >= 4 is 18.3 Å². The van der Waals surface area contributed by atoms with Gasteiger partial charge in [-0.2, -0.15) is 0 Å². The number of oxazole rings is 1. The first-order valence-electron chi connectivity index (χ1n) is 12.7. The van der Waals surface area contributed by atoms with Crippen molar-refractivity contribution in [2.75, 3.05) is 0 Å². The lowest BCUT2D eigenvalue weighted by Crippen LogP contribution is -2.41. The maximum absolute atomic E-state index is 12.1. The highest BCUT2D eigenvalue weighted by Crippen LogP contribution is 2.41. The van der Waals surface area contributed by atoms with E-state index in [1.807, 2.05) is 6.07 Å². The Bertz CT molecular complexity index is 1220. The first-order chi connectivity index (χ1) is 16.9. The molecule has 0 aliphatic carbocycles. The van der Waals surface area contributed by atoms with E-state index in [9.17, 15) is 8.42 Å². The van der Waals surface area contributed by atoms with E-state index >= 15 is 0 Å². The highest BCUT2D eigenvalue weighted by molar-refractivity contribution is 7.89. The Labute approximate surface area is 217 Å². The number of unbranched alkanes of at least 4 members (excludes halogenated alkanes) is 3. The summed E-state index contributed by atoms with van der Waals surface area (Å²) in [5, 5.41) is 5.46. The molecule has 1 heterocycles. The molecule has 3 aromatic rings. The average molecular weight is 529 g/mol. The summed E-state index contributed by atoms with van der Waals surface area (Å²) in [6.07, 6.45) is 7.60. The van der Waals surface area contributed by atoms with Gasteiger partial charge in [0.2, 0.25) is 15.9 Å². The number of hydrogen-bond donors (Lipinski definition) is 1. The summed E-state index contributed by atoms with van der Waals surface area (Å²) in [5.41, 5.74) is 1.79. The van der Waals surface area contributed by atoms with Gasteiger partial charge in [-0.3, -0.25) is 0 Å². The van der Waals surface area contributed by atoms with Gasteiger partial charge < -0.3 is 8.84 Å². The summed E-state index contributed by atoms with van der Waals surface area (Å²) in [4.78, 5) is 4.55. The van der Waals surface area contributed by atoms with Crippen LogP contribution in [0.1, 0.15) is 70.4 Å². The van der Waals surface area contributed by atoms with Crippen LogP contribution in [0.4, 0.5) is 0 Å². The predicted molar refractivity (Wildman–Crippen MR) is 148 cm³/mol. The summed E-state index contributed by atoms with van der Waals surface area (Å²) in [6.45, 7) is 11.1. The van der Waals surface area contributed by atoms with Gasteiger partial charge in [-0.15, -0.1) is 0 Å². The van der Waals surface area contributed by atoms with Gasteiger partial charge in [-0.05, 0) is 55.1 Å². The van der Waals surface area contributed by atoms with Crippen LogP contribution < -0.4 is 5.14 Å². The van der Waals surface area contributed by atoms with E-state index in [-0.39, 0.29) is 16.0 Å². The molecule has 0 bridgehead atoms. The van der Waals surface area contributed by atoms with Crippen LogP contribution in [0.5, 0.6) is 0 Å². The number of primary sulfonamides is 1. The molecule has 0 fully saturated rings. The van der Waals surface area contributed by atoms with Crippen LogP contribution in [0.3, 0.4) is 0 Å². The largest absolute Gasteiger partial charge is 0.438 e. The number of aromatic nitrogens is 1. The molecule has 8 heteroatoms. The van der Waals surface area contributed by atoms with E-state index in [0.29, 0.717) is 17.2 Å². The summed E-state index contributed by atoms with van der Waals surface area (Å²) in [6, 6.07) is 17.1. The molecule has 196 valence electrons. The topological polar surface area (TPSA) is 95.4 Å². The van der Waals surface area contributed by atoms with Crippen molar-refractivity contribution in [1.82, 2.24) is 4.98 Å². The molecule has 2 aromatic carbocycles. The number of benzene rings is 2. The number of nitrogens with two attached hydrogens (primary N) is 1. The lowest BCUT2D eigenvalue weighted by molar-refractivity contribution is 0.139. The summed E-state index contributed by atoms with van der Waals surface area (Å²) in [7, 11) is -5.99. The average Bonchev–Trinajstić information content (AvgIpc) is 3.30. The van der Waals surface area contributed by atoms with Crippen molar-refractivity contribution < 1.29 is 17.3 Å². The molecular formula is C28H40N2O4SSi. The number of rotatable bonds is 12. The molecule has 6 nitrogen and oxygen atoms in total. The zero-order chi connectivity index (χ0) is 26.4. The molecule has 1 unspecified atom stereocenters. The highest BCUT2D eigenvalue weighted by Gasteiger charge is 2.40. The predicted octanol–water partition coefficient (Wildman–Crippen LogP) is 7.25. The Kier molecular flexibility index (Phi) is 9.32. The Morgan fingerprint density at radius 3 is 2.28 bits per heavy atom. The Balaban J connectivity index is 1.72. The van der Waals surface area contributed by atoms with Gasteiger partial charge in [0.05, 0.1) is 11.1 Å².